The number of carbonyl (C=O) groups is 1. The molecule has 11 heteroatoms. The molecule has 1 aromatic carbocycles. The molecule has 2 rings (SSSR count). The minimum Gasteiger partial charge on any atom is -0.493 e. The van der Waals surface area contributed by atoms with Crippen LogP contribution in [0.4, 0.5) is 0 Å². The Labute approximate surface area is 219 Å². The summed E-state index contributed by atoms with van der Waals surface area (Å²) in [5.74, 6) is 1.08. The highest BCUT2D eigenvalue weighted by Gasteiger charge is 2.20. The van der Waals surface area contributed by atoms with Gasteiger partial charge in [-0.1, -0.05) is 55.2 Å². The van der Waals surface area contributed by atoms with E-state index in [9.17, 15) is 4.79 Å². The van der Waals surface area contributed by atoms with Gasteiger partial charge in [-0.25, -0.2) is 0 Å². The summed E-state index contributed by atoms with van der Waals surface area (Å²) < 4.78 is 12.2. The summed E-state index contributed by atoms with van der Waals surface area (Å²) in [5, 5.41) is 10.3. The average Bonchev–Trinajstić information content (AvgIpc) is 2.92. The van der Waals surface area contributed by atoms with E-state index >= 15 is 0 Å². The molecule has 1 aromatic rings. The fourth-order valence-electron chi connectivity index (χ4n) is 4.46. The molecule has 37 heavy (non-hydrogen) atoms. The van der Waals surface area contributed by atoms with Gasteiger partial charge in [-0.15, -0.1) is 0 Å². The Morgan fingerprint density at radius 1 is 0.865 bits per heavy atom. The van der Waals surface area contributed by atoms with Crippen LogP contribution in [0.25, 0.3) is 20.9 Å². The topological polar surface area (TPSA) is 171 Å². The minimum atomic E-state index is -0.110. The van der Waals surface area contributed by atoms with E-state index < -0.39 is 0 Å². The van der Waals surface area contributed by atoms with Crippen molar-refractivity contribution in [3.8, 4) is 11.5 Å². The molecule has 204 valence electrons. The molecule has 0 bridgehead atoms. The third-order valence-corrected chi connectivity index (χ3v) is 6.52. The molecule has 3 N–H and O–H groups in total. The highest BCUT2D eigenvalue weighted by Crippen LogP contribution is 2.31. The molecule has 0 saturated heterocycles. The number of amides is 1. The van der Waals surface area contributed by atoms with Crippen molar-refractivity contribution in [2.75, 3.05) is 26.3 Å². The Hall–Kier alpha value is -3.13. The van der Waals surface area contributed by atoms with E-state index in [0.717, 1.165) is 82.6 Å². The number of nitrogens with two attached hydrogens (primary N) is 1. The van der Waals surface area contributed by atoms with Gasteiger partial charge in [0.15, 0.2) is 0 Å². The second kappa shape index (κ2) is 19.0. The van der Waals surface area contributed by atoms with Gasteiger partial charge >= 0.3 is 0 Å². The first-order valence-electron chi connectivity index (χ1n) is 13.6. The van der Waals surface area contributed by atoms with Crippen LogP contribution in [-0.4, -0.2) is 38.3 Å². The number of rotatable bonds is 19. The lowest BCUT2D eigenvalue weighted by molar-refractivity contribution is 0.0926. The highest BCUT2D eigenvalue weighted by molar-refractivity contribution is 5.95. The summed E-state index contributed by atoms with van der Waals surface area (Å²) in [6, 6.07) is 3.77. The number of nitrogens with zero attached hydrogens (tertiary/aromatic N) is 6. The second-order valence-electron chi connectivity index (χ2n) is 9.40. The van der Waals surface area contributed by atoms with Gasteiger partial charge in [0.1, 0.15) is 11.5 Å². The molecule has 0 atom stereocenters. The van der Waals surface area contributed by atoms with Crippen molar-refractivity contribution < 1.29 is 14.3 Å². The van der Waals surface area contributed by atoms with Crippen LogP contribution in [-0.2, 0) is 6.54 Å². The van der Waals surface area contributed by atoms with Crippen LogP contribution >= 0.6 is 0 Å². The van der Waals surface area contributed by atoms with Gasteiger partial charge in [0.2, 0.25) is 0 Å². The Balaban J connectivity index is 2.00. The van der Waals surface area contributed by atoms with Gasteiger partial charge in [-0.2, -0.15) is 0 Å². The largest absolute Gasteiger partial charge is 0.493 e. The van der Waals surface area contributed by atoms with E-state index in [1.807, 2.05) is 0 Å². The molecule has 0 unspecified atom stereocenters. The zero-order chi connectivity index (χ0) is 26.6. The minimum absolute atomic E-state index is 0.110. The molecule has 1 saturated carbocycles. The van der Waals surface area contributed by atoms with Crippen molar-refractivity contribution >= 4 is 5.91 Å². The van der Waals surface area contributed by atoms with Crippen molar-refractivity contribution in [3.63, 3.8) is 0 Å². The third kappa shape index (κ3) is 12.1. The van der Waals surface area contributed by atoms with Crippen LogP contribution in [0.2, 0.25) is 0 Å². The molecule has 1 amide bonds. The molecule has 0 aliphatic heterocycles. The van der Waals surface area contributed by atoms with Gasteiger partial charge < -0.3 is 20.5 Å². The van der Waals surface area contributed by atoms with E-state index in [1.165, 1.54) is 6.42 Å². The highest BCUT2D eigenvalue weighted by atomic mass is 16.5. The molecule has 0 aromatic heterocycles. The first-order chi connectivity index (χ1) is 18.2. The van der Waals surface area contributed by atoms with Crippen LogP contribution < -0.4 is 20.5 Å². The molecule has 1 aliphatic carbocycles. The molecule has 0 radical (unpaired) electrons. The predicted molar refractivity (Wildman–Crippen MR) is 145 cm³/mol. The van der Waals surface area contributed by atoms with Gasteiger partial charge in [0, 0.05) is 46.6 Å². The molecule has 1 fully saturated rings. The Bertz CT molecular complexity index is 854. The summed E-state index contributed by atoms with van der Waals surface area (Å²) in [4.78, 5) is 18.6. The molecule has 0 spiro atoms. The number of nitrogens with one attached hydrogen (secondary N) is 1. The zero-order valence-corrected chi connectivity index (χ0v) is 21.9. The number of hydrogen-bond acceptors (Lipinski definition) is 6. The van der Waals surface area contributed by atoms with E-state index in [2.05, 4.69) is 25.4 Å². The number of azide groups is 2. The monoisotopic (exact) mass is 514 g/mol. The SMILES string of the molecule is [N-]=[N+]=NCCCCCCOc1cc(C(=O)NC2CCCCC2)cc(OCCCCCCN=[N+]=[N-])c1CN. The van der Waals surface area contributed by atoms with Crippen LogP contribution in [0.5, 0.6) is 11.5 Å². The Morgan fingerprint density at radius 3 is 1.86 bits per heavy atom. The van der Waals surface area contributed by atoms with Crippen molar-refractivity contribution in [2.24, 2.45) is 16.0 Å². The first-order valence-corrected chi connectivity index (χ1v) is 13.6. The second-order valence-corrected chi connectivity index (χ2v) is 9.40. The number of hydrogen-bond donors (Lipinski definition) is 2. The van der Waals surface area contributed by atoms with Crippen LogP contribution in [0.15, 0.2) is 22.4 Å². The quantitative estimate of drug-likeness (QED) is 0.0904. The Kier molecular flexibility index (Phi) is 15.5. The predicted octanol–water partition coefficient (Wildman–Crippen LogP) is 6.71. The average molecular weight is 515 g/mol. The fraction of sp³-hybridized carbons (Fsp3) is 0.731. The van der Waals surface area contributed by atoms with Crippen molar-refractivity contribution in [1.29, 1.82) is 0 Å². The van der Waals surface area contributed by atoms with E-state index in [1.54, 1.807) is 12.1 Å². The van der Waals surface area contributed by atoms with Gasteiger partial charge in [0.05, 0.1) is 13.2 Å². The van der Waals surface area contributed by atoms with Crippen LogP contribution in [0.1, 0.15) is 99.4 Å². The Morgan fingerprint density at radius 2 is 1.38 bits per heavy atom. The smallest absolute Gasteiger partial charge is 0.251 e. The first kappa shape index (κ1) is 30.1. The summed E-state index contributed by atoms with van der Waals surface area (Å²) in [5.41, 5.74) is 24.1. The fourth-order valence-corrected chi connectivity index (χ4v) is 4.46. The maximum atomic E-state index is 13.1. The standard InChI is InChI=1S/C26H42N8O3/c27-20-23-24(36-16-10-3-1-8-14-30-33-28)18-21(26(35)32-22-12-6-5-7-13-22)19-25(23)37-17-11-4-2-9-15-31-34-29/h18-19,22H,1-17,20,27H2,(H,32,35). The van der Waals surface area contributed by atoms with Gasteiger partial charge in [-0.3, -0.25) is 4.79 Å². The van der Waals surface area contributed by atoms with Crippen LogP contribution in [0, 0.1) is 0 Å². The van der Waals surface area contributed by atoms with Crippen LogP contribution in [0.3, 0.4) is 0 Å². The lowest BCUT2D eigenvalue weighted by atomic mass is 9.95. The van der Waals surface area contributed by atoms with E-state index in [-0.39, 0.29) is 18.5 Å². The molecular weight excluding hydrogens is 472 g/mol. The molecule has 1 aliphatic rings. The zero-order valence-electron chi connectivity index (χ0n) is 21.9. The molecular formula is C26H42N8O3. The lowest BCUT2D eigenvalue weighted by Gasteiger charge is -2.23. The van der Waals surface area contributed by atoms with Gasteiger partial charge in [-0.05, 0) is 61.7 Å². The number of benzene rings is 1. The van der Waals surface area contributed by atoms with Crippen molar-refractivity contribution in [3.05, 3.63) is 44.1 Å². The maximum Gasteiger partial charge on any atom is 0.251 e. The maximum absolute atomic E-state index is 13.1. The van der Waals surface area contributed by atoms with Crippen molar-refractivity contribution in [1.82, 2.24) is 5.32 Å². The summed E-state index contributed by atoms with van der Waals surface area (Å²) >= 11 is 0. The number of ether oxygens (including phenoxy) is 2. The number of carbonyl (C=O) groups excluding carboxylic acids is 1. The summed E-state index contributed by atoms with van der Waals surface area (Å²) in [7, 11) is 0. The number of unbranched alkanes of at least 4 members (excludes halogenated alkanes) is 6. The summed E-state index contributed by atoms with van der Waals surface area (Å²) in [6.45, 7) is 2.29. The van der Waals surface area contributed by atoms with Crippen molar-refractivity contribution in [2.45, 2.75) is 96.1 Å². The van der Waals surface area contributed by atoms with E-state index in [4.69, 9.17) is 26.3 Å². The normalized spacial score (nSPS) is 13.3. The van der Waals surface area contributed by atoms with Gasteiger partial charge in [0.25, 0.3) is 5.91 Å². The molecule has 0 heterocycles. The third-order valence-electron chi connectivity index (χ3n) is 6.52. The summed E-state index contributed by atoms with van der Waals surface area (Å²) in [6.07, 6.45) is 12.8. The molecule has 11 nitrogen and oxygen atoms in total. The van der Waals surface area contributed by atoms with E-state index in [0.29, 0.717) is 43.4 Å². The lowest BCUT2D eigenvalue weighted by Crippen LogP contribution is -2.36.